The maximum atomic E-state index is 13.6. The average molecular weight is 463 g/mol. The summed E-state index contributed by atoms with van der Waals surface area (Å²) in [5, 5.41) is 6.36. The summed E-state index contributed by atoms with van der Waals surface area (Å²) in [6.07, 6.45) is -4.04. The quantitative estimate of drug-likeness (QED) is 0.525. The lowest BCUT2D eigenvalue weighted by Gasteiger charge is -2.13. The van der Waals surface area contributed by atoms with Crippen LogP contribution in [-0.4, -0.2) is 42.5 Å². The van der Waals surface area contributed by atoms with Gasteiger partial charge in [-0.1, -0.05) is 0 Å². The van der Waals surface area contributed by atoms with E-state index < -0.39 is 29.3 Å². The van der Waals surface area contributed by atoms with E-state index in [1.807, 2.05) is 0 Å². The van der Waals surface area contributed by atoms with Crippen molar-refractivity contribution in [2.75, 3.05) is 26.1 Å². The van der Waals surface area contributed by atoms with Crippen molar-refractivity contribution < 1.29 is 37.0 Å². The number of esters is 1. The van der Waals surface area contributed by atoms with Crippen LogP contribution in [0.4, 0.5) is 18.9 Å². The zero-order valence-corrected chi connectivity index (χ0v) is 17.9. The number of anilines is 1. The molecule has 0 aliphatic rings. The van der Waals surface area contributed by atoms with Crippen molar-refractivity contribution in [2.24, 2.45) is 0 Å². The van der Waals surface area contributed by atoms with Crippen molar-refractivity contribution in [3.05, 3.63) is 65.5 Å². The van der Waals surface area contributed by atoms with Gasteiger partial charge in [0.1, 0.15) is 17.1 Å². The molecule has 174 valence electrons. The molecule has 33 heavy (non-hydrogen) atoms. The summed E-state index contributed by atoms with van der Waals surface area (Å²) >= 11 is 0. The van der Waals surface area contributed by atoms with E-state index in [1.165, 1.54) is 57.5 Å². The number of halogens is 3. The minimum atomic E-state index is -4.85. The molecule has 0 aliphatic heterocycles. The van der Waals surface area contributed by atoms with Crippen LogP contribution in [0.3, 0.4) is 0 Å². The first-order valence-corrected chi connectivity index (χ1v) is 9.65. The molecular weight excluding hydrogens is 443 g/mol. The second-order valence-corrected chi connectivity index (χ2v) is 6.64. The molecule has 3 aromatic rings. The van der Waals surface area contributed by atoms with Crippen LogP contribution < -0.4 is 14.8 Å². The maximum absolute atomic E-state index is 13.6. The summed E-state index contributed by atoms with van der Waals surface area (Å²) < 4.78 is 56.5. The Labute approximate surface area is 186 Å². The number of aromatic nitrogens is 2. The van der Waals surface area contributed by atoms with Gasteiger partial charge in [-0.15, -0.1) is 0 Å². The van der Waals surface area contributed by atoms with Crippen LogP contribution in [0.15, 0.2) is 48.7 Å². The molecule has 1 N–H and O–H groups in total. The third-order valence-corrected chi connectivity index (χ3v) is 4.52. The first kappa shape index (κ1) is 23.6. The Bertz CT molecular complexity index is 1130. The topological polar surface area (TPSA) is 91.7 Å². The standard InChI is InChI=1S/C22H20F3N3O5/c1-4-33-21(30)18-12-26-28(19(18)22(23,24)25)15-7-5-14(6-8-15)27-20(29)13-9-16(31-2)11-17(10-13)32-3/h5-12H,4H2,1-3H3,(H,27,29). The predicted octanol–water partition coefficient (Wildman–Crippen LogP) is 4.34. The molecule has 1 aromatic heterocycles. The number of benzene rings is 2. The van der Waals surface area contributed by atoms with Gasteiger partial charge in [0.05, 0.1) is 32.7 Å². The Hall–Kier alpha value is -4.02. The van der Waals surface area contributed by atoms with Gasteiger partial charge in [-0.05, 0) is 43.3 Å². The molecule has 1 heterocycles. The first-order valence-electron chi connectivity index (χ1n) is 9.65. The van der Waals surface area contributed by atoms with E-state index in [9.17, 15) is 22.8 Å². The Balaban J connectivity index is 1.87. The summed E-state index contributed by atoms with van der Waals surface area (Å²) in [5.74, 6) is -0.746. The van der Waals surface area contributed by atoms with Crippen molar-refractivity contribution in [3.8, 4) is 17.2 Å². The number of rotatable bonds is 7. The monoisotopic (exact) mass is 463 g/mol. The van der Waals surface area contributed by atoms with Gasteiger partial charge >= 0.3 is 12.1 Å². The molecule has 1 amide bonds. The predicted molar refractivity (Wildman–Crippen MR) is 112 cm³/mol. The lowest BCUT2D eigenvalue weighted by molar-refractivity contribution is -0.143. The van der Waals surface area contributed by atoms with Gasteiger partial charge in [0, 0.05) is 17.3 Å². The van der Waals surface area contributed by atoms with Crippen LogP contribution in [-0.2, 0) is 10.9 Å². The number of amides is 1. The van der Waals surface area contributed by atoms with Crippen LogP contribution in [0.1, 0.15) is 33.3 Å². The second-order valence-electron chi connectivity index (χ2n) is 6.64. The number of nitrogens with zero attached hydrogens (tertiary/aromatic N) is 2. The van der Waals surface area contributed by atoms with Crippen LogP contribution in [0.2, 0.25) is 0 Å². The van der Waals surface area contributed by atoms with Crippen LogP contribution in [0.5, 0.6) is 11.5 Å². The van der Waals surface area contributed by atoms with E-state index in [1.54, 1.807) is 6.07 Å². The molecule has 0 fully saturated rings. The largest absolute Gasteiger partial charge is 0.497 e. The van der Waals surface area contributed by atoms with Gasteiger partial charge in [-0.3, -0.25) is 4.79 Å². The summed E-state index contributed by atoms with van der Waals surface area (Å²) in [6.45, 7) is 1.42. The smallest absolute Gasteiger partial charge is 0.434 e. The summed E-state index contributed by atoms with van der Waals surface area (Å²) in [6, 6.07) is 10.1. The lowest BCUT2D eigenvalue weighted by Crippen LogP contribution is -2.18. The minimum absolute atomic E-state index is 0.0407. The van der Waals surface area contributed by atoms with E-state index in [-0.39, 0.29) is 17.9 Å². The van der Waals surface area contributed by atoms with E-state index in [2.05, 4.69) is 10.4 Å². The molecule has 0 aliphatic carbocycles. The summed E-state index contributed by atoms with van der Waals surface area (Å²) in [7, 11) is 2.90. The summed E-state index contributed by atoms with van der Waals surface area (Å²) in [5.41, 5.74) is -1.30. The Morgan fingerprint density at radius 3 is 2.15 bits per heavy atom. The third-order valence-electron chi connectivity index (χ3n) is 4.52. The normalized spacial score (nSPS) is 11.1. The third kappa shape index (κ3) is 5.25. The number of ether oxygens (including phenoxy) is 3. The highest BCUT2D eigenvalue weighted by Crippen LogP contribution is 2.34. The van der Waals surface area contributed by atoms with E-state index in [4.69, 9.17) is 14.2 Å². The fourth-order valence-electron chi connectivity index (χ4n) is 3.00. The van der Waals surface area contributed by atoms with Crippen molar-refractivity contribution in [1.29, 1.82) is 0 Å². The SMILES string of the molecule is CCOC(=O)c1cnn(-c2ccc(NC(=O)c3cc(OC)cc(OC)c3)cc2)c1C(F)(F)F. The highest BCUT2D eigenvalue weighted by molar-refractivity contribution is 6.04. The molecule has 3 rings (SSSR count). The van der Waals surface area contributed by atoms with Crippen molar-refractivity contribution >= 4 is 17.6 Å². The molecule has 0 spiro atoms. The van der Waals surface area contributed by atoms with E-state index in [0.29, 0.717) is 21.9 Å². The number of nitrogens with one attached hydrogen (secondary N) is 1. The first-order chi connectivity index (χ1) is 15.7. The fourth-order valence-corrected chi connectivity index (χ4v) is 3.00. The molecule has 2 aromatic carbocycles. The second kappa shape index (κ2) is 9.63. The van der Waals surface area contributed by atoms with Gasteiger partial charge in [0.15, 0.2) is 5.69 Å². The molecular formula is C22H20F3N3O5. The van der Waals surface area contributed by atoms with Crippen LogP contribution in [0, 0.1) is 0 Å². The zero-order chi connectivity index (χ0) is 24.2. The van der Waals surface area contributed by atoms with Gasteiger partial charge in [-0.25, -0.2) is 9.48 Å². The van der Waals surface area contributed by atoms with E-state index >= 15 is 0 Å². The number of hydrogen-bond acceptors (Lipinski definition) is 6. The molecule has 0 saturated heterocycles. The number of methoxy groups -OCH3 is 2. The van der Waals surface area contributed by atoms with Crippen molar-refractivity contribution in [1.82, 2.24) is 9.78 Å². The minimum Gasteiger partial charge on any atom is -0.497 e. The zero-order valence-electron chi connectivity index (χ0n) is 17.9. The molecule has 0 bridgehead atoms. The highest BCUT2D eigenvalue weighted by atomic mass is 19.4. The molecule has 0 unspecified atom stereocenters. The fraction of sp³-hybridized carbons (Fsp3) is 0.227. The highest BCUT2D eigenvalue weighted by Gasteiger charge is 2.41. The van der Waals surface area contributed by atoms with Crippen molar-refractivity contribution in [2.45, 2.75) is 13.1 Å². The van der Waals surface area contributed by atoms with Crippen LogP contribution in [0.25, 0.3) is 5.69 Å². The van der Waals surface area contributed by atoms with Gasteiger partial charge in [-0.2, -0.15) is 18.3 Å². The molecule has 0 atom stereocenters. The molecule has 11 heteroatoms. The maximum Gasteiger partial charge on any atom is 0.434 e. The number of carbonyl (C=O) groups is 2. The van der Waals surface area contributed by atoms with Gasteiger partial charge < -0.3 is 19.5 Å². The van der Waals surface area contributed by atoms with Crippen molar-refractivity contribution in [3.63, 3.8) is 0 Å². The summed E-state index contributed by atoms with van der Waals surface area (Å²) in [4.78, 5) is 24.5. The van der Waals surface area contributed by atoms with Gasteiger partial charge in [0.2, 0.25) is 0 Å². The molecule has 0 saturated carbocycles. The average Bonchev–Trinajstić information content (AvgIpc) is 3.25. The number of carbonyl (C=O) groups excluding carboxylic acids is 2. The number of alkyl halides is 3. The Kier molecular flexibility index (Phi) is 6.90. The number of hydrogen-bond donors (Lipinski definition) is 1. The Morgan fingerprint density at radius 2 is 1.64 bits per heavy atom. The molecule has 8 nitrogen and oxygen atoms in total. The molecule has 0 radical (unpaired) electrons. The van der Waals surface area contributed by atoms with E-state index in [0.717, 1.165) is 6.20 Å². The Morgan fingerprint density at radius 1 is 1.03 bits per heavy atom. The lowest BCUT2D eigenvalue weighted by atomic mass is 10.1. The van der Waals surface area contributed by atoms with Gasteiger partial charge in [0.25, 0.3) is 5.91 Å². The van der Waals surface area contributed by atoms with Crippen LogP contribution >= 0.6 is 0 Å².